The molecule has 0 bridgehead atoms. The van der Waals surface area contributed by atoms with Crippen molar-refractivity contribution in [3.63, 3.8) is 0 Å². The maximum Gasteiger partial charge on any atom is 0.292 e. The van der Waals surface area contributed by atoms with Crippen LogP contribution in [0.25, 0.3) is 0 Å². The number of nitro benzene ring substituents is 1. The summed E-state index contributed by atoms with van der Waals surface area (Å²) in [6.45, 7) is 10.1. The lowest BCUT2D eigenvalue weighted by atomic mass is 10.1. The number of hydrogen-bond donors (Lipinski definition) is 1. The molecule has 0 spiro atoms. The van der Waals surface area contributed by atoms with Gasteiger partial charge in [0.25, 0.3) is 5.69 Å². The van der Waals surface area contributed by atoms with Gasteiger partial charge in [0.2, 0.25) is 0 Å². The summed E-state index contributed by atoms with van der Waals surface area (Å²) in [5, 5.41) is 15.4. The first-order valence-corrected chi connectivity index (χ1v) is 8.33. The molecule has 5 nitrogen and oxygen atoms in total. The fraction of sp³-hybridized carbons (Fsp3) is 0.600. The van der Waals surface area contributed by atoms with Crippen LogP contribution >= 0.6 is 11.8 Å². The Balaban J connectivity index is 2.13. The Morgan fingerprint density at radius 3 is 2.62 bits per heavy atom. The van der Waals surface area contributed by atoms with Crippen molar-refractivity contribution in [1.29, 1.82) is 0 Å². The lowest BCUT2D eigenvalue weighted by molar-refractivity contribution is -0.384. The second-order valence-corrected chi connectivity index (χ2v) is 7.47. The van der Waals surface area contributed by atoms with Crippen LogP contribution in [0, 0.1) is 10.1 Å². The summed E-state index contributed by atoms with van der Waals surface area (Å²) in [4.78, 5) is 13.1. The number of nitrogens with one attached hydrogen (secondary N) is 1. The first-order chi connectivity index (χ1) is 9.99. The van der Waals surface area contributed by atoms with E-state index in [-0.39, 0.29) is 10.6 Å². The molecule has 1 saturated heterocycles. The van der Waals surface area contributed by atoms with E-state index >= 15 is 0 Å². The van der Waals surface area contributed by atoms with Crippen molar-refractivity contribution in [2.75, 3.05) is 25.0 Å². The van der Waals surface area contributed by atoms with Crippen LogP contribution in [0.2, 0.25) is 0 Å². The van der Waals surface area contributed by atoms with Gasteiger partial charge in [0, 0.05) is 42.7 Å². The van der Waals surface area contributed by atoms with Gasteiger partial charge in [-0.3, -0.25) is 15.0 Å². The van der Waals surface area contributed by atoms with Crippen LogP contribution in [0.4, 0.5) is 11.4 Å². The van der Waals surface area contributed by atoms with Crippen LogP contribution in [0.15, 0.2) is 18.2 Å². The maximum atomic E-state index is 11.0. The Morgan fingerprint density at radius 1 is 1.38 bits per heavy atom. The van der Waals surface area contributed by atoms with Crippen molar-refractivity contribution in [3.8, 4) is 0 Å². The molecule has 1 fully saturated rings. The van der Waals surface area contributed by atoms with Crippen LogP contribution in [-0.2, 0) is 6.54 Å². The topological polar surface area (TPSA) is 58.4 Å². The molecule has 21 heavy (non-hydrogen) atoms. The minimum atomic E-state index is -0.330. The summed E-state index contributed by atoms with van der Waals surface area (Å²) < 4.78 is 0. The lowest BCUT2D eigenvalue weighted by Crippen LogP contribution is -2.39. The van der Waals surface area contributed by atoms with Gasteiger partial charge in [-0.1, -0.05) is 19.9 Å². The molecular weight excluding hydrogens is 286 g/mol. The molecule has 1 aromatic carbocycles. The zero-order valence-corrected chi connectivity index (χ0v) is 13.7. The van der Waals surface area contributed by atoms with Gasteiger partial charge in [0.15, 0.2) is 0 Å². The first kappa shape index (κ1) is 16.1. The van der Waals surface area contributed by atoms with Gasteiger partial charge < -0.3 is 5.32 Å². The molecule has 1 heterocycles. The largest absolute Gasteiger partial charge is 0.380 e. The number of thioether (sulfide) groups is 1. The Labute approximate surface area is 130 Å². The molecule has 2 unspecified atom stereocenters. The smallest absolute Gasteiger partial charge is 0.292 e. The van der Waals surface area contributed by atoms with Crippen LogP contribution in [0.3, 0.4) is 0 Å². The average Bonchev–Trinajstić information content (AvgIpc) is 2.37. The molecule has 0 aliphatic carbocycles. The fourth-order valence-corrected chi connectivity index (χ4v) is 4.23. The minimum absolute atomic E-state index is 0.150. The Kier molecular flexibility index (Phi) is 5.47. The summed E-state index contributed by atoms with van der Waals surface area (Å²) in [6, 6.07) is 5.40. The fourth-order valence-electron chi connectivity index (χ4n) is 2.84. The van der Waals surface area contributed by atoms with Gasteiger partial charge in [-0.25, -0.2) is 0 Å². The number of hydrogen-bond acceptors (Lipinski definition) is 5. The molecule has 1 aliphatic rings. The van der Waals surface area contributed by atoms with Gasteiger partial charge in [-0.2, -0.15) is 11.8 Å². The highest BCUT2D eigenvalue weighted by Gasteiger charge is 2.22. The molecule has 1 aliphatic heterocycles. The summed E-state index contributed by atoms with van der Waals surface area (Å²) in [7, 11) is 0. The van der Waals surface area contributed by atoms with Gasteiger partial charge in [0.05, 0.1) is 4.92 Å². The third-order valence-electron chi connectivity index (χ3n) is 3.53. The van der Waals surface area contributed by atoms with E-state index < -0.39 is 0 Å². The predicted octanol–water partition coefficient (Wildman–Crippen LogP) is 3.35. The summed E-state index contributed by atoms with van der Waals surface area (Å²) in [5.74, 6) is 0. The molecule has 0 aromatic heterocycles. The number of nitrogens with zero attached hydrogens (tertiary/aromatic N) is 2. The molecule has 1 N–H and O–H groups in total. The van der Waals surface area contributed by atoms with Gasteiger partial charge in [-0.05, 0) is 18.6 Å². The van der Waals surface area contributed by atoms with E-state index in [0.717, 1.165) is 25.2 Å². The van der Waals surface area contributed by atoms with Crippen LogP contribution in [0.5, 0.6) is 0 Å². The molecule has 6 heteroatoms. The van der Waals surface area contributed by atoms with Gasteiger partial charge in [0.1, 0.15) is 5.69 Å². The number of anilines is 1. The first-order valence-electron chi connectivity index (χ1n) is 7.38. The molecule has 0 saturated carbocycles. The summed E-state index contributed by atoms with van der Waals surface area (Å²) >= 11 is 2.03. The number of rotatable bonds is 5. The van der Waals surface area contributed by atoms with Crippen LogP contribution in [0.1, 0.15) is 26.3 Å². The number of nitro groups is 1. The standard InChI is InChI=1S/C15H23N3O2S/c1-4-16-14-7-13(5-6-15(14)18(19)20)10-17-8-11(2)21-12(3)9-17/h5-7,11-12,16H,4,8-10H2,1-3H3. The average molecular weight is 309 g/mol. The molecule has 2 atom stereocenters. The highest BCUT2D eigenvalue weighted by Crippen LogP contribution is 2.28. The van der Waals surface area contributed by atoms with Crippen molar-refractivity contribution in [2.45, 2.75) is 37.8 Å². The molecule has 116 valence electrons. The summed E-state index contributed by atoms with van der Waals surface area (Å²) in [5.41, 5.74) is 1.90. The molecule has 1 aromatic rings. The summed E-state index contributed by atoms with van der Waals surface area (Å²) in [6.07, 6.45) is 0. The second kappa shape index (κ2) is 7.13. The molecule has 0 radical (unpaired) electrons. The highest BCUT2D eigenvalue weighted by molar-refractivity contribution is 8.00. The zero-order chi connectivity index (χ0) is 15.4. The van der Waals surface area contributed by atoms with E-state index in [2.05, 4.69) is 24.1 Å². The molecule has 0 amide bonds. The second-order valence-electron chi connectivity index (χ2n) is 5.59. The number of benzene rings is 1. The van der Waals surface area contributed by atoms with E-state index in [1.807, 2.05) is 30.8 Å². The van der Waals surface area contributed by atoms with Crippen molar-refractivity contribution in [2.24, 2.45) is 0 Å². The third kappa shape index (κ3) is 4.35. The predicted molar refractivity (Wildman–Crippen MR) is 89.1 cm³/mol. The SMILES string of the molecule is CCNc1cc(CN2CC(C)SC(C)C2)ccc1[N+](=O)[O-]. The van der Waals surface area contributed by atoms with Gasteiger partial charge >= 0.3 is 0 Å². The van der Waals surface area contributed by atoms with Crippen LogP contribution < -0.4 is 5.32 Å². The van der Waals surface area contributed by atoms with Gasteiger partial charge in [-0.15, -0.1) is 0 Å². The quantitative estimate of drug-likeness (QED) is 0.667. The van der Waals surface area contributed by atoms with E-state index in [1.54, 1.807) is 6.07 Å². The Morgan fingerprint density at radius 2 is 2.05 bits per heavy atom. The van der Waals surface area contributed by atoms with Crippen molar-refractivity contribution >= 4 is 23.1 Å². The van der Waals surface area contributed by atoms with E-state index in [4.69, 9.17) is 0 Å². The Bertz CT molecular complexity index is 500. The van der Waals surface area contributed by atoms with Crippen molar-refractivity contribution in [3.05, 3.63) is 33.9 Å². The van der Waals surface area contributed by atoms with Crippen molar-refractivity contribution < 1.29 is 4.92 Å². The lowest BCUT2D eigenvalue weighted by Gasteiger charge is -2.34. The zero-order valence-electron chi connectivity index (χ0n) is 12.8. The monoisotopic (exact) mass is 309 g/mol. The minimum Gasteiger partial charge on any atom is -0.380 e. The van der Waals surface area contributed by atoms with E-state index in [1.165, 1.54) is 0 Å². The maximum absolute atomic E-state index is 11.0. The molecular formula is C15H23N3O2S. The van der Waals surface area contributed by atoms with Crippen LogP contribution in [-0.4, -0.2) is 40.0 Å². The van der Waals surface area contributed by atoms with E-state index in [0.29, 0.717) is 22.7 Å². The Hall–Kier alpha value is -1.27. The normalized spacial score (nSPS) is 23.0. The highest BCUT2D eigenvalue weighted by atomic mass is 32.2. The molecule has 2 rings (SSSR count). The third-order valence-corrected chi connectivity index (χ3v) is 4.75. The van der Waals surface area contributed by atoms with Crippen molar-refractivity contribution in [1.82, 2.24) is 4.90 Å². The van der Waals surface area contributed by atoms with E-state index in [9.17, 15) is 10.1 Å².